The van der Waals surface area contributed by atoms with Crippen molar-refractivity contribution >= 4 is 16.5 Å². The molecule has 15 heavy (non-hydrogen) atoms. The largest absolute Gasteiger partial charge is 0.388 e. The number of aromatic nitrogens is 1. The van der Waals surface area contributed by atoms with Crippen molar-refractivity contribution in [1.29, 1.82) is 0 Å². The molecule has 2 heterocycles. The van der Waals surface area contributed by atoms with Crippen molar-refractivity contribution in [3.63, 3.8) is 0 Å². The summed E-state index contributed by atoms with van der Waals surface area (Å²) in [4.78, 5) is 7.70. The van der Waals surface area contributed by atoms with Crippen LogP contribution in [0.25, 0.3) is 0 Å². The van der Waals surface area contributed by atoms with E-state index in [4.69, 9.17) is 0 Å². The molecule has 2 rings (SSSR count). The quantitative estimate of drug-likeness (QED) is 0.842. The number of thiazole rings is 1. The summed E-state index contributed by atoms with van der Waals surface area (Å²) in [5.41, 5.74) is 0. The maximum Gasteiger partial charge on any atom is 0.185 e. The van der Waals surface area contributed by atoms with Gasteiger partial charge in [0.05, 0.1) is 11.0 Å². The van der Waals surface area contributed by atoms with Gasteiger partial charge in [0.15, 0.2) is 5.13 Å². The summed E-state index contributed by atoms with van der Waals surface area (Å²) in [5, 5.41) is 10.5. The van der Waals surface area contributed by atoms with Crippen molar-refractivity contribution in [3.8, 4) is 0 Å². The average Bonchev–Trinajstić information content (AvgIpc) is 2.55. The fraction of sp³-hybridized carbons (Fsp3) is 0.727. The highest BCUT2D eigenvalue weighted by Gasteiger charge is 2.14. The summed E-state index contributed by atoms with van der Waals surface area (Å²) in [6.07, 6.45) is 6.63. The maximum absolute atomic E-state index is 9.44. The topological polar surface area (TPSA) is 36.4 Å². The summed E-state index contributed by atoms with van der Waals surface area (Å²) in [7, 11) is 0. The van der Waals surface area contributed by atoms with E-state index in [0.717, 1.165) is 23.1 Å². The minimum Gasteiger partial charge on any atom is -0.388 e. The Morgan fingerprint density at radius 1 is 1.33 bits per heavy atom. The van der Waals surface area contributed by atoms with E-state index in [1.165, 1.54) is 25.7 Å². The molecule has 0 bridgehead atoms. The first-order valence-electron chi connectivity index (χ1n) is 5.66. The maximum atomic E-state index is 9.44. The summed E-state index contributed by atoms with van der Waals surface area (Å²) in [6, 6.07) is 0. The molecule has 1 unspecified atom stereocenters. The Balaban J connectivity index is 2.06. The van der Waals surface area contributed by atoms with Gasteiger partial charge in [-0.15, -0.1) is 0 Å². The van der Waals surface area contributed by atoms with Gasteiger partial charge in [-0.1, -0.05) is 24.2 Å². The summed E-state index contributed by atoms with van der Waals surface area (Å²) in [5.74, 6) is 0. The smallest absolute Gasteiger partial charge is 0.185 e. The lowest BCUT2D eigenvalue weighted by Gasteiger charge is -2.18. The Labute approximate surface area is 94.8 Å². The van der Waals surface area contributed by atoms with Crippen LogP contribution in [0.1, 0.15) is 43.6 Å². The Bertz CT molecular complexity index is 303. The first kappa shape index (κ1) is 10.9. The lowest BCUT2D eigenvalue weighted by molar-refractivity contribution is 0.203. The van der Waals surface area contributed by atoms with Crippen molar-refractivity contribution in [1.82, 2.24) is 4.98 Å². The molecule has 1 fully saturated rings. The van der Waals surface area contributed by atoms with E-state index in [2.05, 4.69) is 9.88 Å². The normalized spacial score (nSPS) is 20.0. The van der Waals surface area contributed by atoms with Crippen LogP contribution in [-0.2, 0) is 0 Å². The third-order valence-corrected chi connectivity index (χ3v) is 4.03. The van der Waals surface area contributed by atoms with Gasteiger partial charge in [-0.3, -0.25) is 0 Å². The lowest BCUT2D eigenvalue weighted by atomic mass is 10.2. The van der Waals surface area contributed by atoms with Crippen LogP contribution in [0.4, 0.5) is 5.13 Å². The monoisotopic (exact) mass is 226 g/mol. The van der Waals surface area contributed by atoms with Gasteiger partial charge < -0.3 is 10.0 Å². The van der Waals surface area contributed by atoms with Crippen LogP contribution >= 0.6 is 11.3 Å². The first-order valence-corrected chi connectivity index (χ1v) is 6.48. The van der Waals surface area contributed by atoms with Crippen LogP contribution in [0.3, 0.4) is 0 Å². The number of aliphatic hydroxyl groups excluding tert-OH is 1. The molecule has 1 aliphatic rings. The minimum absolute atomic E-state index is 0.386. The molecule has 0 radical (unpaired) electrons. The molecule has 1 aliphatic heterocycles. The van der Waals surface area contributed by atoms with E-state index in [9.17, 15) is 5.11 Å². The molecular weight excluding hydrogens is 208 g/mol. The minimum atomic E-state index is -0.386. The second-order valence-corrected chi connectivity index (χ2v) is 5.16. The first-order chi connectivity index (χ1) is 7.27. The number of rotatable bonds is 2. The van der Waals surface area contributed by atoms with Crippen LogP contribution < -0.4 is 4.90 Å². The SMILES string of the molecule is CC(O)c1cnc(N2CCCCCC2)s1. The molecule has 0 saturated carbocycles. The van der Waals surface area contributed by atoms with E-state index in [-0.39, 0.29) is 6.10 Å². The van der Waals surface area contributed by atoms with Crippen LogP contribution in [0, 0.1) is 0 Å². The number of nitrogens with zero attached hydrogens (tertiary/aromatic N) is 2. The third-order valence-electron chi connectivity index (χ3n) is 2.80. The number of hydrogen-bond acceptors (Lipinski definition) is 4. The zero-order valence-electron chi connectivity index (χ0n) is 9.15. The highest BCUT2D eigenvalue weighted by molar-refractivity contribution is 7.15. The van der Waals surface area contributed by atoms with Gasteiger partial charge in [0.1, 0.15) is 0 Å². The van der Waals surface area contributed by atoms with Gasteiger partial charge in [0.25, 0.3) is 0 Å². The van der Waals surface area contributed by atoms with Crippen molar-refractivity contribution in [2.45, 2.75) is 38.7 Å². The van der Waals surface area contributed by atoms with E-state index in [1.807, 2.05) is 0 Å². The Hall–Kier alpha value is -0.610. The molecule has 0 amide bonds. The number of anilines is 1. The molecule has 1 aromatic rings. The zero-order chi connectivity index (χ0) is 10.7. The van der Waals surface area contributed by atoms with Crippen molar-refractivity contribution < 1.29 is 5.11 Å². The van der Waals surface area contributed by atoms with Gasteiger partial charge >= 0.3 is 0 Å². The lowest BCUT2D eigenvalue weighted by Crippen LogP contribution is -2.23. The van der Waals surface area contributed by atoms with Gasteiger partial charge in [0.2, 0.25) is 0 Å². The average molecular weight is 226 g/mol. The molecule has 1 aromatic heterocycles. The Morgan fingerprint density at radius 3 is 2.53 bits per heavy atom. The highest BCUT2D eigenvalue weighted by atomic mass is 32.1. The number of aliphatic hydroxyl groups is 1. The van der Waals surface area contributed by atoms with Gasteiger partial charge in [-0.05, 0) is 19.8 Å². The summed E-state index contributed by atoms with van der Waals surface area (Å²) >= 11 is 1.62. The van der Waals surface area contributed by atoms with Crippen LogP contribution in [0.2, 0.25) is 0 Å². The van der Waals surface area contributed by atoms with Gasteiger partial charge in [0, 0.05) is 19.3 Å². The molecule has 1 N–H and O–H groups in total. The van der Waals surface area contributed by atoms with Crippen LogP contribution in [-0.4, -0.2) is 23.2 Å². The van der Waals surface area contributed by atoms with Crippen molar-refractivity contribution in [2.75, 3.05) is 18.0 Å². The second-order valence-electron chi connectivity index (χ2n) is 4.12. The standard InChI is InChI=1S/C11H18N2OS/c1-9(14)10-8-12-11(15-10)13-6-4-2-3-5-7-13/h8-9,14H,2-7H2,1H3. The summed E-state index contributed by atoms with van der Waals surface area (Å²) < 4.78 is 0. The van der Waals surface area contributed by atoms with Crippen molar-refractivity contribution in [2.24, 2.45) is 0 Å². The molecule has 1 saturated heterocycles. The molecule has 1 atom stereocenters. The zero-order valence-corrected chi connectivity index (χ0v) is 9.96. The molecular formula is C11H18N2OS. The fourth-order valence-electron chi connectivity index (χ4n) is 1.88. The van der Waals surface area contributed by atoms with Gasteiger partial charge in [-0.25, -0.2) is 4.98 Å². The molecule has 84 valence electrons. The van der Waals surface area contributed by atoms with Crippen molar-refractivity contribution in [3.05, 3.63) is 11.1 Å². The summed E-state index contributed by atoms with van der Waals surface area (Å²) in [6.45, 7) is 4.03. The Kier molecular flexibility index (Phi) is 3.59. The van der Waals surface area contributed by atoms with E-state index >= 15 is 0 Å². The fourth-order valence-corrected chi connectivity index (χ4v) is 2.78. The molecule has 0 aromatic carbocycles. The van der Waals surface area contributed by atoms with Gasteiger partial charge in [-0.2, -0.15) is 0 Å². The third kappa shape index (κ3) is 2.69. The Morgan fingerprint density at radius 2 is 2.00 bits per heavy atom. The highest BCUT2D eigenvalue weighted by Crippen LogP contribution is 2.28. The molecule has 0 spiro atoms. The number of hydrogen-bond donors (Lipinski definition) is 1. The second kappa shape index (κ2) is 4.94. The predicted octanol–water partition coefficient (Wildman–Crippen LogP) is 2.58. The van der Waals surface area contributed by atoms with E-state index < -0.39 is 0 Å². The predicted molar refractivity (Wildman–Crippen MR) is 63.4 cm³/mol. The molecule has 0 aliphatic carbocycles. The van der Waals surface area contributed by atoms with E-state index in [0.29, 0.717) is 0 Å². The molecule has 3 nitrogen and oxygen atoms in total. The van der Waals surface area contributed by atoms with Crippen LogP contribution in [0.5, 0.6) is 0 Å². The van der Waals surface area contributed by atoms with Crippen LogP contribution in [0.15, 0.2) is 6.20 Å². The molecule has 4 heteroatoms. The van der Waals surface area contributed by atoms with E-state index in [1.54, 1.807) is 24.5 Å².